The molecule has 1 atom stereocenters. The van der Waals surface area contributed by atoms with E-state index in [1.807, 2.05) is 6.92 Å². The smallest absolute Gasteiger partial charge is 0.465 e. The van der Waals surface area contributed by atoms with Crippen LogP contribution in [0, 0.1) is 5.41 Å². The van der Waals surface area contributed by atoms with Crippen LogP contribution in [0.2, 0.25) is 0 Å². The number of carbonyl (C=O) groups excluding carboxylic acids is 3. The highest BCUT2D eigenvalue weighted by atomic mass is 32.2. The normalized spacial score (nSPS) is 12.8. The van der Waals surface area contributed by atoms with Crippen molar-refractivity contribution in [2.75, 3.05) is 49.6 Å². The molecule has 0 bridgehead atoms. The van der Waals surface area contributed by atoms with Crippen LogP contribution in [0.5, 0.6) is 0 Å². The number of thioether (sulfide) groups is 1. The third-order valence-electron chi connectivity index (χ3n) is 4.29. The molecule has 34 heavy (non-hydrogen) atoms. The molecule has 15 heteroatoms. The molecule has 0 fully saturated rings. The van der Waals surface area contributed by atoms with E-state index in [-0.39, 0.29) is 51.6 Å². The molecule has 200 valence electrons. The van der Waals surface area contributed by atoms with E-state index in [9.17, 15) is 18.9 Å². The van der Waals surface area contributed by atoms with Gasteiger partial charge in [0.2, 0.25) is 0 Å². The van der Waals surface area contributed by atoms with Crippen molar-refractivity contribution in [1.29, 1.82) is 0 Å². The Hall–Kier alpha value is -0.470. The van der Waals surface area contributed by atoms with E-state index in [2.05, 4.69) is 29.8 Å². The molecule has 0 radical (unpaired) electrons. The fourth-order valence-electron chi connectivity index (χ4n) is 2.28. The summed E-state index contributed by atoms with van der Waals surface area (Å²) in [6, 6.07) is 0. The van der Waals surface area contributed by atoms with E-state index in [0.717, 1.165) is 0 Å². The SMILES string of the molecule is CCC(COC(=O)CCS)(COC(=O)CCS)COC(=O)CCSCOCC(C)OP(=O)(O)O. The number of phosphoric acid groups is 1. The zero-order valence-corrected chi connectivity index (χ0v) is 22.9. The third-order valence-corrected chi connectivity index (χ3v) is 6.19. The number of hydrogen-bond donors (Lipinski definition) is 4. The fourth-order valence-corrected chi connectivity index (χ4v) is 3.82. The van der Waals surface area contributed by atoms with Crippen molar-refractivity contribution < 1.29 is 52.2 Å². The number of thiol groups is 2. The second-order valence-corrected chi connectivity index (χ2v) is 10.5. The molecule has 0 aliphatic heterocycles. The van der Waals surface area contributed by atoms with Crippen LogP contribution in [-0.4, -0.2) is 83.4 Å². The van der Waals surface area contributed by atoms with Crippen molar-refractivity contribution >= 4 is 62.8 Å². The Morgan fingerprint density at radius 2 is 1.41 bits per heavy atom. The van der Waals surface area contributed by atoms with Crippen molar-refractivity contribution in [3.8, 4) is 0 Å². The Bertz CT molecular complexity index is 637. The molecule has 0 saturated carbocycles. The summed E-state index contributed by atoms with van der Waals surface area (Å²) in [5.74, 6) is -0.118. The Balaban J connectivity index is 4.51. The molecule has 0 aromatic heterocycles. The second-order valence-electron chi connectivity index (χ2n) is 7.34. The molecule has 0 spiro atoms. The van der Waals surface area contributed by atoms with Gasteiger partial charge in [-0.15, -0.1) is 11.8 Å². The number of rotatable bonds is 20. The molecule has 0 heterocycles. The summed E-state index contributed by atoms with van der Waals surface area (Å²) in [7, 11) is -4.56. The maximum absolute atomic E-state index is 12.2. The highest BCUT2D eigenvalue weighted by molar-refractivity contribution is 7.99. The maximum Gasteiger partial charge on any atom is 0.469 e. The quantitative estimate of drug-likeness (QED) is 0.0427. The van der Waals surface area contributed by atoms with Gasteiger partial charge in [0.05, 0.1) is 43.3 Å². The summed E-state index contributed by atoms with van der Waals surface area (Å²) in [4.78, 5) is 53.1. The van der Waals surface area contributed by atoms with E-state index >= 15 is 0 Å². The zero-order valence-electron chi connectivity index (χ0n) is 19.4. The van der Waals surface area contributed by atoms with Crippen LogP contribution in [0.15, 0.2) is 0 Å². The molecule has 0 aliphatic carbocycles. The minimum atomic E-state index is -4.56. The van der Waals surface area contributed by atoms with Gasteiger partial charge in [0.15, 0.2) is 0 Å². The Kier molecular flexibility index (Phi) is 18.5. The van der Waals surface area contributed by atoms with E-state index in [1.54, 1.807) is 0 Å². The highest BCUT2D eigenvalue weighted by Crippen LogP contribution is 2.37. The Morgan fingerprint density at radius 3 is 1.82 bits per heavy atom. The molecule has 2 N–H and O–H groups in total. The first-order chi connectivity index (χ1) is 16.0. The largest absolute Gasteiger partial charge is 0.469 e. The first kappa shape index (κ1) is 33.5. The maximum atomic E-state index is 12.2. The molecule has 0 aromatic rings. The highest BCUT2D eigenvalue weighted by Gasteiger charge is 2.34. The number of ether oxygens (including phenoxy) is 4. The lowest BCUT2D eigenvalue weighted by atomic mass is 9.88. The average molecular weight is 567 g/mol. The van der Waals surface area contributed by atoms with E-state index in [4.69, 9.17) is 28.7 Å². The fraction of sp³-hybridized carbons (Fsp3) is 0.842. The monoisotopic (exact) mass is 566 g/mol. The zero-order chi connectivity index (χ0) is 26.0. The lowest BCUT2D eigenvalue weighted by Gasteiger charge is -2.31. The molecular formula is C19H35O11PS3. The van der Waals surface area contributed by atoms with Gasteiger partial charge in [0.25, 0.3) is 0 Å². The van der Waals surface area contributed by atoms with Gasteiger partial charge < -0.3 is 28.7 Å². The van der Waals surface area contributed by atoms with Crippen LogP contribution in [0.3, 0.4) is 0 Å². The molecule has 11 nitrogen and oxygen atoms in total. The molecule has 0 aromatic carbocycles. The lowest BCUT2D eigenvalue weighted by molar-refractivity contribution is -0.161. The van der Waals surface area contributed by atoms with Crippen molar-refractivity contribution in [2.24, 2.45) is 5.41 Å². The second kappa shape index (κ2) is 18.8. The van der Waals surface area contributed by atoms with Gasteiger partial charge in [-0.3, -0.25) is 18.9 Å². The van der Waals surface area contributed by atoms with Crippen LogP contribution in [0.25, 0.3) is 0 Å². The van der Waals surface area contributed by atoms with Crippen molar-refractivity contribution in [1.82, 2.24) is 0 Å². The van der Waals surface area contributed by atoms with Gasteiger partial charge in [-0.25, -0.2) is 4.57 Å². The summed E-state index contributed by atoms with van der Waals surface area (Å²) in [5.41, 5.74) is -0.876. The van der Waals surface area contributed by atoms with Crippen LogP contribution in [0.4, 0.5) is 0 Å². The summed E-state index contributed by atoms with van der Waals surface area (Å²) in [6.07, 6.45) is -0.00394. The van der Waals surface area contributed by atoms with Crippen LogP contribution < -0.4 is 0 Å². The van der Waals surface area contributed by atoms with Gasteiger partial charge in [-0.1, -0.05) is 6.92 Å². The Morgan fingerprint density at radius 1 is 0.941 bits per heavy atom. The Labute approximate surface area is 215 Å². The van der Waals surface area contributed by atoms with Gasteiger partial charge in [-0.05, 0) is 13.3 Å². The van der Waals surface area contributed by atoms with Crippen molar-refractivity contribution in [3.05, 3.63) is 0 Å². The summed E-state index contributed by atoms with van der Waals surface area (Å²) in [6.45, 7) is 3.02. The summed E-state index contributed by atoms with van der Waals surface area (Å²) >= 11 is 9.28. The van der Waals surface area contributed by atoms with Gasteiger partial charge in [-0.2, -0.15) is 25.3 Å². The van der Waals surface area contributed by atoms with Gasteiger partial charge >= 0.3 is 25.7 Å². The average Bonchev–Trinajstić information content (AvgIpc) is 2.75. The predicted octanol–water partition coefficient (Wildman–Crippen LogP) is 2.25. The molecule has 0 saturated heterocycles. The summed E-state index contributed by atoms with van der Waals surface area (Å²) < 4.78 is 36.3. The first-order valence-corrected chi connectivity index (χ1v) is 14.5. The lowest BCUT2D eigenvalue weighted by Crippen LogP contribution is -2.39. The van der Waals surface area contributed by atoms with Crippen LogP contribution in [0.1, 0.15) is 39.5 Å². The molecule has 0 rings (SSSR count). The number of carbonyl (C=O) groups is 3. The van der Waals surface area contributed by atoms with Crippen LogP contribution >= 0.6 is 44.8 Å². The van der Waals surface area contributed by atoms with Crippen molar-refractivity contribution in [2.45, 2.75) is 45.6 Å². The van der Waals surface area contributed by atoms with E-state index < -0.39 is 37.2 Å². The van der Waals surface area contributed by atoms with E-state index in [0.29, 0.717) is 23.7 Å². The first-order valence-electron chi connectivity index (χ1n) is 10.5. The third kappa shape index (κ3) is 17.9. The number of hydrogen-bond acceptors (Lipinski definition) is 12. The summed E-state index contributed by atoms with van der Waals surface area (Å²) in [5, 5.41) is 0. The van der Waals surface area contributed by atoms with Gasteiger partial charge in [0.1, 0.15) is 19.8 Å². The standard InChI is InChI=1S/C19H35O11PS3/c1-3-19(11-27-16(20)4-7-32,12-28-17(21)5-8-33)13-29-18(22)6-9-34-14-26-10-15(2)30-31(23,24)25/h15,32-33H,3-14H2,1-2H3,(H2,23,24,25). The van der Waals surface area contributed by atoms with Crippen molar-refractivity contribution in [3.63, 3.8) is 0 Å². The van der Waals surface area contributed by atoms with E-state index in [1.165, 1.54) is 18.7 Å². The number of esters is 3. The van der Waals surface area contributed by atoms with Gasteiger partial charge in [0, 0.05) is 17.3 Å². The van der Waals surface area contributed by atoms with Crippen LogP contribution in [-0.2, 0) is 42.4 Å². The minimum Gasteiger partial charge on any atom is -0.465 e. The molecular weight excluding hydrogens is 531 g/mol. The topological polar surface area (TPSA) is 155 Å². The molecule has 1 unspecified atom stereocenters. The number of phosphoric ester groups is 1. The minimum absolute atomic E-state index is 0.0144. The molecule has 0 aliphatic rings. The predicted molar refractivity (Wildman–Crippen MR) is 133 cm³/mol. The molecule has 0 amide bonds.